The standard InChI is InChI=1S/C15H20Cl3NO/c1-10-2-4-11(5-3-10)19-6-7-20-15-9-13(17)12(16)8-14(15)18/h8-11,19H,2-7H2,1H3. The van der Waals surface area contributed by atoms with E-state index in [0.717, 1.165) is 12.5 Å². The van der Waals surface area contributed by atoms with Gasteiger partial charge < -0.3 is 10.1 Å². The fraction of sp³-hybridized carbons (Fsp3) is 0.600. The van der Waals surface area contributed by atoms with Gasteiger partial charge in [-0.3, -0.25) is 0 Å². The zero-order valence-corrected chi connectivity index (χ0v) is 13.9. The summed E-state index contributed by atoms with van der Waals surface area (Å²) in [6.45, 7) is 3.71. The average molecular weight is 337 g/mol. The normalized spacial score (nSPS) is 22.8. The summed E-state index contributed by atoms with van der Waals surface area (Å²) in [5.74, 6) is 1.46. The maximum atomic E-state index is 6.06. The third-order valence-electron chi connectivity index (χ3n) is 3.78. The van der Waals surface area contributed by atoms with Crippen LogP contribution in [0.25, 0.3) is 0 Å². The first-order chi connectivity index (χ1) is 9.56. The third kappa shape index (κ3) is 4.70. The van der Waals surface area contributed by atoms with Gasteiger partial charge >= 0.3 is 0 Å². The first kappa shape index (κ1) is 16.2. The van der Waals surface area contributed by atoms with Crippen LogP contribution in [-0.4, -0.2) is 19.2 Å². The second-order valence-electron chi connectivity index (χ2n) is 5.46. The lowest BCUT2D eigenvalue weighted by atomic mass is 9.87. The molecule has 0 amide bonds. The molecule has 1 N–H and O–H groups in total. The smallest absolute Gasteiger partial charge is 0.139 e. The molecule has 0 bridgehead atoms. The second kappa shape index (κ2) is 7.74. The van der Waals surface area contributed by atoms with Crippen LogP contribution in [0.4, 0.5) is 0 Å². The fourth-order valence-electron chi connectivity index (χ4n) is 2.50. The lowest BCUT2D eigenvalue weighted by Gasteiger charge is -2.27. The van der Waals surface area contributed by atoms with Crippen LogP contribution in [0, 0.1) is 5.92 Å². The van der Waals surface area contributed by atoms with E-state index in [1.165, 1.54) is 25.7 Å². The molecule has 1 aromatic rings. The second-order valence-corrected chi connectivity index (χ2v) is 6.68. The fourth-order valence-corrected chi connectivity index (χ4v) is 3.09. The zero-order chi connectivity index (χ0) is 14.5. The number of hydrogen-bond donors (Lipinski definition) is 1. The maximum Gasteiger partial charge on any atom is 0.139 e. The maximum absolute atomic E-state index is 6.06. The van der Waals surface area contributed by atoms with Gasteiger partial charge in [-0.05, 0) is 37.7 Å². The van der Waals surface area contributed by atoms with Crippen molar-refractivity contribution in [1.82, 2.24) is 5.32 Å². The molecule has 112 valence electrons. The van der Waals surface area contributed by atoms with E-state index in [-0.39, 0.29) is 0 Å². The van der Waals surface area contributed by atoms with E-state index in [0.29, 0.717) is 33.5 Å². The summed E-state index contributed by atoms with van der Waals surface area (Å²) in [5.41, 5.74) is 0. The quantitative estimate of drug-likeness (QED) is 0.590. The molecule has 0 atom stereocenters. The summed E-state index contributed by atoms with van der Waals surface area (Å²) >= 11 is 17.9. The van der Waals surface area contributed by atoms with Gasteiger partial charge in [-0.25, -0.2) is 0 Å². The van der Waals surface area contributed by atoms with E-state index in [2.05, 4.69) is 12.2 Å². The van der Waals surface area contributed by atoms with Gasteiger partial charge in [0.05, 0.1) is 15.1 Å². The lowest BCUT2D eigenvalue weighted by Crippen LogP contribution is -2.35. The molecular formula is C15H20Cl3NO. The number of nitrogens with one attached hydrogen (secondary N) is 1. The Balaban J connectivity index is 1.72. The summed E-state index contributed by atoms with van der Waals surface area (Å²) in [6, 6.07) is 3.89. The molecule has 0 heterocycles. The number of hydrogen-bond acceptors (Lipinski definition) is 2. The highest BCUT2D eigenvalue weighted by Crippen LogP contribution is 2.33. The molecule has 1 aromatic carbocycles. The molecule has 0 aromatic heterocycles. The predicted molar refractivity (Wildman–Crippen MR) is 86.4 cm³/mol. The van der Waals surface area contributed by atoms with Gasteiger partial charge in [0.2, 0.25) is 0 Å². The van der Waals surface area contributed by atoms with E-state index in [4.69, 9.17) is 39.5 Å². The average Bonchev–Trinajstić information content (AvgIpc) is 2.42. The molecule has 20 heavy (non-hydrogen) atoms. The van der Waals surface area contributed by atoms with E-state index in [1.807, 2.05) is 0 Å². The Hall–Kier alpha value is -0.150. The van der Waals surface area contributed by atoms with Gasteiger partial charge in [0.15, 0.2) is 0 Å². The molecule has 0 unspecified atom stereocenters. The molecule has 2 nitrogen and oxygen atoms in total. The van der Waals surface area contributed by atoms with Crippen LogP contribution in [0.15, 0.2) is 12.1 Å². The number of benzene rings is 1. The molecule has 1 aliphatic rings. The van der Waals surface area contributed by atoms with Crippen molar-refractivity contribution in [3.05, 3.63) is 27.2 Å². The first-order valence-electron chi connectivity index (χ1n) is 7.07. The van der Waals surface area contributed by atoms with Crippen molar-refractivity contribution in [1.29, 1.82) is 0 Å². The summed E-state index contributed by atoms with van der Waals surface area (Å²) in [5, 5.41) is 4.92. The van der Waals surface area contributed by atoms with Crippen LogP contribution < -0.4 is 10.1 Å². The van der Waals surface area contributed by atoms with E-state index in [9.17, 15) is 0 Å². The Labute approximate surface area is 135 Å². The molecule has 1 fully saturated rings. The van der Waals surface area contributed by atoms with Gasteiger partial charge in [-0.2, -0.15) is 0 Å². The minimum atomic E-state index is 0.443. The topological polar surface area (TPSA) is 21.3 Å². The Morgan fingerprint density at radius 2 is 1.70 bits per heavy atom. The molecule has 5 heteroatoms. The molecule has 2 rings (SSSR count). The largest absolute Gasteiger partial charge is 0.491 e. The van der Waals surface area contributed by atoms with Gasteiger partial charge in [0.25, 0.3) is 0 Å². The minimum absolute atomic E-state index is 0.443. The molecular weight excluding hydrogens is 317 g/mol. The molecule has 0 saturated heterocycles. The van der Waals surface area contributed by atoms with Crippen LogP contribution in [0.3, 0.4) is 0 Å². The number of rotatable bonds is 5. The van der Waals surface area contributed by atoms with Crippen molar-refractivity contribution in [2.24, 2.45) is 5.92 Å². The highest BCUT2D eigenvalue weighted by atomic mass is 35.5. The predicted octanol–water partition coefficient (Wildman–Crippen LogP) is 5.19. The number of halogens is 3. The van der Waals surface area contributed by atoms with Crippen molar-refractivity contribution in [3.63, 3.8) is 0 Å². The van der Waals surface area contributed by atoms with E-state index >= 15 is 0 Å². The van der Waals surface area contributed by atoms with E-state index < -0.39 is 0 Å². The van der Waals surface area contributed by atoms with Crippen molar-refractivity contribution in [3.8, 4) is 5.75 Å². The molecule has 0 spiro atoms. The van der Waals surface area contributed by atoms with Gasteiger partial charge in [-0.15, -0.1) is 0 Å². The summed E-state index contributed by atoms with van der Waals surface area (Å²) in [6.07, 6.45) is 5.15. The van der Waals surface area contributed by atoms with Crippen molar-refractivity contribution in [2.45, 2.75) is 38.6 Å². The SMILES string of the molecule is CC1CCC(NCCOc2cc(Cl)c(Cl)cc2Cl)CC1. The first-order valence-corrected chi connectivity index (χ1v) is 8.20. The van der Waals surface area contributed by atoms with Gasteiger partial charge in [0.1, 0.15) is 12.4 Å². The van der Waals surface area contributed by atoms with Gasteiger partial charge in [0, 0.05) is 18.7 Å². The summed E-state index contributed by atoms with van der Waals surface area (Å²) < 4.78 is 5.65. The minimum Gasteiger partial charge on any atom is -0.491 e. The van der Waals surface area contributed by atoms with Crippen molar-refractivity contribution in [2.75, 3.05) is 13.2 Å². The Kier molecular flexibility index (Phi) is 6.28. The molecule has 1 saturated carbocycles. The monoisotopic (exact) mass is 335 g/mol. The highest BCUT2D eigenvalue weighted by Gasteiger charge is 2.17. The molecule has 1 aliphatic carbocycles. The van der Waals surface area contributed by atoms with Crippen LogP contribution in [0.2, 0.25) is 15.1 Å². The molecule has 0 radical (unpaired) electrons. The van der Waals surface area contributed by atoms with Crippen molar-refractivity contribution >= 4 is 34.8 Å². The van der Waals surface area contributed by atoms with Crippen LogP contribution in [0.1, 0.15) is 32.6 Å². The van der Waals surface area contributed by atoms with Gasteiger partial charge in [-0.1, -0.05) is 41.7 Å². The Morgan fingerprint density at radius 3 is 2.40 bits per heavy atom. The van der Waals surface area contributed by atoms with E-state index in [1.54, 1.807) is 12.1 Å². The van der Waals surface area contributed by atoms with Crippen LogP contribution in [0.5, 0.6) is 5.75 Å². The van der Waals surface area contributed by atoms with Crippen LogP contribution >= 0.6 is 34.8 Å². The van der Waals surface area contributed by atoms with Crippen molar-refractivity contribution < 1.29 is 4.74 Å². The lowest BCUT2D eigenvalue weighted by molar-refractivity contribution is 0.270. The highest BCUT2D eigenvalue weighted by molar-refractivity contribution is 6.43. The Bertz CT molecular complexity index is 445. The molecule has 0 aliphatic heterocycles. The summed E-state index contributed by atoms with van der Waals surface area (Å²) in [7, 11) is 0. The Morgan fingerprint density at radius 1 is 1.05 bits per heavy atom. The van der Waals surface area contributed by atoms with Crippen LogP contribution in [-0.2, 0) is 0 Å². The summed E-state index contributed by atoms with van der Waals surface area (Å²) in [4.78, 5) is 0. The third-order valence-corrected chi connectivity index (χ3v) is 4.80. The number of ether oxygens (including phenoxy) is 1. The zero-order valence-electron chi connectivity index (χ0n) is 11.6.